The van der Waals surface area contributed by atoms with Crippen molar-refractivity contribution in [1.82, 2.24) is 0 Å². The number of aryl methyl sites for hydroxylation is 4. The Balaban J connectivity index is 2.32. The summed E-state index contributed by atoms with van der Waals surface area (Å²) in [6.07, 6.45) is 1.78. The third-order valence-corrected chi connectivity index (χ3v) is 9.39. The summed E-state index contributed by atoms with van der Waals surface area (Å²) in [4.78, 5) is 0. The summed E-state index contributed by atoms with van der Waals surface area (Å²) in [5.41, 5.74) is 6.32. The van der Waals surface area contributed by atoms with Gasteiger partial charge in [-0.05, 0) is 0 Å². The molecular weight excluding hydrogens is 534 g/mol. The van der Waals surface area contributed by atoms with Crippen LogP contribution in [0.15, 0.2) is 24.3 Å². The molecule has 2 rings (SSSR count). The summed E-state index contributed by atoms with van der Waals surface area (Å²) in [6, 6.07) is 8.52. The number of rotatable bonds is 10. The van der Waals surface area contributed by atoms with E-state index in [2.05, 4.69) is 52.0 Å². The Morgan fingerprint density at radius 3 is 1.15 bits per heavy atom. The van der Waals surface area contributed by atoms with E-state index < -0.39 is 15.2 Å². The standard InChI is InChI=1S/2C13H19ClO.2ClH.Ti/c2*1-9-7-11(8-10(2)12(9)15)13(3,4)5-6-14;;;/h2*7-8,15H,5-6H2,1-4H3;2*1H;/q;;;;+4/p-4. The maximum absolute atomic E-state index is 6.73. The van der Waals surface area contributed by atoms with E-state index in [0.29, 0.717) is 23.3 Å². The maximum atomic E-state index is 6.73. The SMILES string of the molecule is Cc1cc(C(C)(C)CCCl)cc(C)c1[O][Ti]([Cl])([Cl])[O]c1c(C)cc(C(C)(C)CCCl)cc1C. The molecule has 2 nitrogen and oxygen atoms in total. The second kappa shape index (κ2) is 11.3. The van der Waals surface area contributed by atoms with Gasteiger partial charge in [0.2, 0.25) is 0 Å². The van der Waals surface area contributed by atoms with E-state index >= 15 is 0 Å². The zero-order valence-electron chi connectivity index (χ0n) is 21.0. The predicted octanol–water partition coefficient (Wildman–Crippen LogP) is 9.48. The van der Waals surface area contributed by atoms with E-state index in [4.69, 9.17) is 48.4 Å². The van der Waals surface area contributed by atoms with Crippen LogP contribution in [0.5, 0.6) is 11.5 Å². The Bertz CT molecular complexity index is 863. The molecule has 0 spiro atoms. The van der Waals surface area contributed by atoms with E-state index in [1.54, 1.807) is 0 Å². The first-order valence-corrected chi connectivity index (χ1v) is 17.9. The summed E-state index contributed by atoms with van der Waals surface area (Å²) >= 11 is 7.87. The molecule has 0 heterocycles. The van der Waals surface area contributed by atoms with Crippen molar-refractivity contribution in [2.24, 2.45) is 0 Å². The van der Waals surface area contributed by atoms with Crippen LogP contribution in [0.25, 0.3) is 0 Å². The minimum atomic E-state index is -4.15. The number of halogens is 4. The molecule has 33 heavy (non-hydrogen) atoms. The van der Waals surface area contributed by atoms with Gasteiger partial charge in [0.05, 0.1) is 0 Å². The normalized spacial score (nSPS) is 12.7. The molecule has 0 N–H and O–H groups in total. The second-order valence-corrected chi connectivity index (χ2v) is 17.9. The average molecular weight is 570 g/mol. The van der Waals surface area contributed by atoms with Crippen molar-refractivity contribution in [3.05, 3.63) is 57.6 Å². The number of hydrogen-bond acceptors (Lipinski definition) is 2. The quantitative estimate of drug-likeness (QED) is 0.209. The first kappa shape index (κ1) is 29.1. The van der Waals surface area contributed by atoms with Crippen LogP contribution in [-0.2, 0) is 26.1 Å². The van der Waals surface area contributed by atoms with Gasteiger partial charge in [0.25, 0.3) is 0 Å². The molecule has 0 bridgehead atoms. The molecule has 0 aliphatic rings. The molecule has 0 aliphatic heterocycles. The van der Waals surface area contributed by atoms with Crippen LogP contribution in [-0.4, -0.2) is 11.8 Å². The second-order valence-electron chi connectivity index (χ2n) is 10.2. The van der Waals surface area contributed by atoms with Crippen molar-refractivity contribution in [3.8, 4) is 11.5 Å². The van der Waals surface area contributed by atoms with E-state index in [9.17, 15) is 0 Å². The first-order valence-electron chi connectivity index (χ1n) is 11.2. The fourth-order valence-corrected chi connectivity index (χ4v) is 8.05. The average Bonchev–Trinajstić information content (AvgIpc) is 2.67. The van der Waals surface area contributed by atoms with Crippen LogP contribution in [0.3, 0.4) is 0 Å². The van der Waals surface area contributed by atoms with Gasteiger partial charge >= 0.3 is 224 Å². The van der Waals surface area contributed by atoms with Crippen molar-refractivity contribution in [3.63, 3.8) is 0 Å². The van der Waals surface area contributed by atoms with Crippen molar-refractivity contribution in [2.45, 2.75) is 79.1 Å². The number of benzene rings is 2. The van der Waals surface area contributed by atoms with Gasteiger partial charge in [0, 0.05) is 0 Å². The molecule has 0 aromatic heterocycles. The van der Waals surface area contributed by atoms with Crippen LogP contribution in [0.2, 0.25) is 0 Å². The molecule has 0 aliphatic carbocycles. The van der Waals surface area contributed by atoms with Gasteiger partial charge in [-0.2, -0.15) is 0 Å². The minimum absolute atomic E-state index is 0.0278. The molecule has 0 amide bonds. The van der Waals surface area contributed by atoms with E-state index in [0.717, 1.165) is 35.1 Å². The molecule has 2 aromatic carbocycles. The molecule has 0 atom stereocenters. The molecule has 7 heteroatoms. The summed E-state index contributed by atoms with van der Waals surface area (Å²) in [6.45, 7) is 16.8. The van der Waals surface area contributed by atoms with Crippen LogP contribution in [0, 0.1) is 27.7 Å². The van der Waals surface area contributed by atoms with Gasteiger partial charge in [-0.3, -0.25) is 0 Å². The third-order valence-electron chi connectivity index (χ3n) is 6.36. The van der Waals surface area contributed by atoms with Gasteiger partial charge in [0.1, 0.15) is 0 Å². The van der Waals surface area contributed by atoms with E-state index in [1.807, 2.05) is 27.7 Å². The van der Waals surface area contributed by atoms with Crippen LogP contribution in [0.1, 0.15) is 73.9 Å². The van der Waals surface area contributed by atoms with Crippen LogP contribution in [0.4, 0.5) is 0 Å². The fourth-order valence-electron chi connectivity index (χ4n) is 4.02. The molecule has 0 fully saturated rings. The van der Waals surface area contributed by atoms with Crippen LogP contribution >= 0.6 is 41.8 Å². The predicted molar refractivity (Wildman–Crippen MR) is 142 cm³/mol. The third kappa shape index (κ3) is 7.45. The summed E-state index contributed by atoms with van der Waals surface area (Å²) in [7, 11) is 13.5. The molecule has 0 saturated heterocycles. The molecule has 0 unspecified atom stereocenters. The molecule has 2 aromatic rings. The van der Waals surface area contributed by atoms with Crippen LogP contribution < -0.4 is 6.64 Å². The van der Waals surface area contributed by atoms with Crippen molar-refractivity contribution < 1.29 is 21.9 Å². The molecule has 0 saturated carbocycles. The summed E-state index contributed by atoms with van der Waals surface area (Å²) in [5.74, 6) is 2.61. The number of alkyl halides is 2. The topological polar surface area (TPSA) is 18.5 Å². The van der Waals surface area contributed by atoms with Gasteiger partial charge in [-0.15, -0.1) is 0 Å². The zero-order valence-corrected chi connectivity index (χ0v) is 25.6. The Kier molecular flexibility index (Phi) is 10.00. The van der Waals surface area contributed by atoms with Gasteiger partial charge in [-0.1, -0.05) is 0 Å². The van der Waals surface area contributed by atoms with Gasteiger partial charge in [-0.25, -0.2) is 0 Å². The Morgan fingerprint density at radius 2 is 0.909 bits per heavy atom. The number of hydrogen-bond donors (Lipinski definition) is 0. The van der Waals surface area contributed by atoms with Gasteiger partial charge in [0.15, 0.2) is 0 Å². The summed E-state index contributed by atoms with van der Waals surface area (Å²) in [5, 5.41) is 0. The first-order chi connectivity index (χ1) is 15.1. The molecule has 0 radical (unpaired) electrons. The fraction of sp³-hybridized carbons (Fsp3) is 0.538. The monoisotopic (exact) mass is 568 g/mol. The zero-order chi connectivity index (χ0) is 25.2. The Labute approximate surface area is 222 Å². The van der Waals surface area contributed by atoms with Crippen molar-refractivity contribution in [2.75, 3.05) is 11.8 Å². The molecular formula is C26H36Cl4O2Ti. The summed E-state index contributed by atoms with van der Waals surface area (Å²) < 4.78 is 12.4. The Hall–Kier alpha value is -0.0857. The van der Waals surface area contributed by atoms with E-state index in [1.165, 1.54) is 11.1 Å². The van der Waals surface area contributed by atoms with E-state index in [-0.39, 0.29) is 10.8 Å². The Morgan fingerprint density at radius 1 is 0.636 bits per heavy atom. The van der Waals surface area contributed by atoms with Crippen molar-refractivity contribution in [1.29, 1.82) is 0 Å². The van der Waals surface area contributed by atoms with Gasteiger partial charge < -0.3 is 0 Å². The van der Waals surface area contributed by atoms with Crippen molar-refractivity contribution >= 4 is 41.8 Å². The molecule has 184 valence electrons.